The standard InChI is InChI=1S/C21H31ClN2O6S/c1-13(2)24(14(3)4)20(25)12-29-21(26)17-7-8-18(22)19(9-17)31(27,28)23-10-15(5)30-16(6)11-23/h7-9,13-16H,10-12H2,1-6H3/t15-,16+. The zero-order chi connectivity index (χ0) is 23.5. The minimum atomic E-state index is -3.94. The molecule has 0 aliphatic carbocycles. The number of hydrogen-bond donors (Lipinski definition) is 0. The monoisotopic (exact) mass is 474 g/mol. The maximum absolute atomic E-state index is 13.2. The first-order valence-corrected chi connectivity index (χ1v) is 12.1. The van der Waals surface area contributed by atoms with Crippen LogP contribution in [-0.4, -0.2) is 73.5 Å². The summed E-state index contributed by atoms with van der Waals surface area (Å²) in [4.78, 5) is 26.4. The van der Waals surface area contributed by atoms with Gasteiger partial charge in [0.1, 0.15) is 4.90 Å². The van der Waals surface area contributed by atoms with E-state index in [1.807, 2.05) is 27.7 Å². The lowest BCUT2D eigenvalue weighted by Crippen LogP contribution is -2.48. The zero-order valence-corrected chi connectivity index (χ0v) is 20.4. The Kier molecular flexibility index (Phi) is 8.49. The fourth-order valence-corrected chi connectivity index (χ4v) is 5.84. The molecule has 0 N–H and O–H groups in total. The predicted octanol–water partition coefficient (Wildman–Crippen LogP) is 2.94. The van der Waals surface area contributed by atoms with E-state index in [0.717, 1.165) is 0 Å². The lowest BCUT2D eigenvalue weighted by atomic mass is 10.2. The van der Waals surface area contributed by atoms with Crippen molar-refractivity contribution in [3.63, 3.8) is 0 Å². The lowest BCUT2D eigenvalue weighted by Gasteiger charge is -2.34. The second-order valence-corrected chi connectivity index (χ2v) is 10.6. The molecule has 174 valence electrons. The van der Waals surface area contributed by atoms with E-state index in [-0.39, 0.29) is 58.8 Å². The van der Waals surface area contributed by atoms with Crippen LogP contribution in [0.5, 0.6) is 0 Å². The Morgan fingerprint density at radius 1 is 1.16 bits per heavy atom. The van der Waals surface area contributed by atoms with Gasteiger partial charge < -0.3 is 14.4 Å². The molecule has 0 bridgehead atoms. The van der Waals surface area contributed by atoms with Gasteiger partial charge in [-0.2, -0.15) is 4.31 Å². The van der Waals surface area contributed by atoms with Crippen LogP contribution in [0.1, 0.15) is 51.9 Å². The maximum Gasteiger partial charge on any atom is 0.338 e. The summed E-state index contributed by atoms with van der Waals surface area (Å²) in [6.07, 6.45) is -0.525. The number of morpholine rings is 1. The van der Waals surface area contributed by atoms with E-state index >= 15 is 0 Å². The fourth-order valence-electron chi connectivity index (χ4n) is 3.75. The van der Waals surface area contributed by atoms with Crippen LogP contribution in [0.4, 0.5) is 0 Å². The van der Waals surface area contributed by atoms with E-state index in [9.17, 15) is 18.0 Å². The number of esters is 1. The molecule has 2 atom stereocenters. The van der Waals surface area contributed by atoms with Crippen molar-refractivity contribution < 1.29 is 27.5 Å². The van der Waals surface area contributed by atoms with Crippen molar-refractivity contribution in [2.45, 2.75) is 70.7 Å². The molecule has 8 nitrogen and oxygen atoms in total. The third-order valence-electron chi connectivity index (χ3n) is 4.90. The molecular formula is C21H31ClN2O6S. The van der Waals surface area contributed by atoms with Gasteiger partial charge >= 0.3 is 5.97 Å². The van der Waals surface area contributed by atoms with E-state index in [1.165, 1.54) is 22.5 Å². The van der Waals surface area contributed by atoms with Crippen LogP contribution in [0.2, 0.25) is 5.02 Å². The number of rotatable bonds is 7. The molecule has 2 rings (SSSR count). The van der Waals surface area contributed by atoms with E-state index in [4.69, 9.17) is 21.1 Å². The molecule has 1 aromatic carbocycles. The Hall–Kier alpha value is -1.68. The van der Waals surface area contributed by atoms with Crippen LogP contribution in [-0.2, 0) is 24.3 Å². The Labute approximate surface area is 189 Å². The molecule has 1 fully saturated rings. The number of sulfonamides is 1. The minimum Gasteiger partial charge on any atom is -0.452 e. The highest BCUT2D eigenvalue weighted by Crippen LogP contribution is 2.28. The van der Waals surface area contributed by atoms with Gasteiger partial charge in [-0.3, -0.25) is 4.79 Å². The molecule has 0 spiro atoms. The molecular weight excluding hydrogens is 444 g/mol. The molecule has 10 heteroatoms. The van der Waals surface area contributed by atoms with Gasteiger partial charge in [0.05, 0.1) is 22.8 Å². The van der Waals surface area contributed by atoms with Crippen molar-refractivity contribution in [2.75, 3.05) is 19.7 Å². The van der Waals surface area contributed by atoms with Crippen LogP contribution in [0.3, 0.4) is 0 Å². The Balaban J connectivity index is 2.20. The molecule has 1 aliphatic heterocycles. The molecule has 1 saturated heterocycles. The number of nitrogens with zero attached hydrogens (tertiary/aromatic N) is 2. The Morgan fingerprint density at radius 2 is 1.71 bits per heavy atom. The molecule has 0 unspecified atom stereocenters. The Bertz CT molecular complexity index is 900. The largest absolute Gasteiger partial charge is 0.452 e. The molecule has 1 aromatic rings. The average Bonchev–Trinajstić information content (AvgIpc) is 2.65. The smallest absolute Gasteiger partial charge is 0.338 e. The summed E-state index contributed by atoms with van der Waals surface area (Å²) in [6, 6.07) is 3.82. The highest BCUT2D eigenvalue weighted by molar-refractivity contribution is 7.89. The van der Waals surface area contributed by atoms with Gasteiger partial charge in [0.25, 0.3) is 5.91 Å². The number of hydrogen-bond acceptors (Lipinski definition) is 6. The van der Waals surface area contributed by atoms with Crippen LogP contribution in [0.15, 0.2) is 23.1 Å². The van der Waals surface area contributed by atoms with Crippen molar-refractivity contribution in [1.82, 2.24) is 9.21 Å². The van der Waals surface area contributed by atoms with Crippen molar-refractivity contribution in [3.8, 4) is 0 Å². The van der Waals surface area contributed by atoms with Gasteiger partial charge in [0.15, 0.2) is 6.61 Å². The van der Waals surface area contributed by atoms with E-state index in [1.54, 1.807) is 18.7 Å². The van der Waals surface area contributed by atoms with Gasteiger partial charge in [0, 0.05) is 25.2 Å². The second kappa shape index (κ2) is 10.3. The van der Waals surface area contributed by atoms with Crippen molar-refractivity contribution in [3.05, 3.63) is 28.8 Å². The Morgan fingerprint density at radius 3 is 2.23 bits per heavy atom. The maximum atomic E-state index is 13.2. The summed E-state index contributed by atoms with van der Waals surface area (Å²) in [6.45, 7) is 11.0. The van der Waals surface area contributed by atoms with E-state index in [0.29, 0.717) is 0 Å². The first kappa shape index (κ1) is 25.6. The van der Waals surface area contributed by atoms with Crippen LogP contribution in [0.25, 0.3) is 0 Å². The SMILES string of the molecule is CC(C)N(C(=O)COC(=O)c1ccc(Cl)c(S(=O)(=O)N2C[C@@H](C)O[C@@H](C)C2)c1)C(C)C. The predicted molar refractivity (Wildman–Crippen MR) is 118 cm³/mol. The van der Waals surface area contributed by atoms with Crippen LogP contribution >= 0.6 is 11.6 Å². The topological polar surface area (TPSA) is 93.2 Å². The number of benzene rings is 1. The quantitative estimate of drug-likeness (QED) is 0.564. The van der Waals surface area contributed by atoms with Crippen molar-refractivity contribution in [2.24, 2.45) is 0 Å². The zero-order valence-electron chi connectivity index (χ0n) is 18.8. The summed E-state index contributed by atoms with van der Waals surface area (Å²) < 4.78 is 38.4. The van der Waals surface area contributed by atoms with E-state index in [2.05, 4.69) is 0 Å². The average molecular weight is 475 g/mol. The van der Waals surface area contributed by atoms with Crippen molar-refractivity contribution in [1.29, 1.82) is 0 Å². The molecule has 0 aromatic heterocycles. The number of carbonyl (C=O) groups excluding carboxylic acids is 2. The third-order valence-corrected chi connectivity index (χ3v) is 7.21. The molecule has 31 heavy (non-hydrogen) atoms. The van der Waals surface area contributed by atoms with Crippen molar-refractivity contribution >= 4 is 33.5 Å². The number of ether oxygens (including phenoxy) is 2. The molecule has 1 amide bonds. The lowest BCUT2D eigenvalue weighted by molar-refractivity contribution is -0.138. The van der Waals surface area contributed by atoms with Gasteiger partial charge in [-0.15, -0.1) is 0 Å². The number of halogens is 1. The normalized spacial score (nSPS) is 20.2. The van der Waals surface area contributed by atoms with Gasteiger partial charge in [-0.25, -0.2) is 13.2 Å². The fraction of sp³-hybridized carbons (Fsp3) is 0.619. The second-order valence-electron chi connectivity index (χ2n) is 8.29. The summed E-state index contributed by atoms with van der Waals surface area (Å²) in [5.41, 5.74) is 0.00535. The molecule has 0 saturated carbocycles. The number of carbonyl (C=O) groups is 2. The molecule has 0 radical (unpaired) electrons. The van der Waals surface area contributed by atoms with Crippen LogP contribution in [0, 0.1) is 0 Å². The van der Waals surface area contributed by atoms with Gasteiger partial charge in [0.2, 0.25) is 10.0 Å². The summed E-state index contributed by atoms with van der Waals surface area (Å²) in [5, 5.41) is 0.00483. The minimum absolute atomic E-state index is 0.00483. The van der Waals surface area contributed by atoms with Gasteiger partial charge in [-0.1, -0.05) is 11.6 Å². The van der Waals surface area contributed by atoms with Crippen LogP contribution < -0.4 is 0 Å². The third kappa shape index (κ3) is 6.19. The molecule has 1 aliphatic rings. The first-order chi connectivity index (χ1) is 14.3. The van der Waals surface area contributed by atoms with E-state index < -0.39 is 22.6 Å². The highest BCUT2D eigenvalue weighted by Gasteiger charge is 2.34. The highest BCUT2D eigenvalue weighted by atomic mass is 35.5. The summed E-state index contributed by atoms with van der Waals surface area (Å²) in [7, 11) is -3.94. The number of amides is 1. The summed E-state index contributed by atoms with van der Waals surface area (Å²) in [5.74, 6) is -1.12. The molecule has 1 heterocycles. The summed E-state index contributed by atoms with van der Waals surface area (Å²) >= 11 is 6.17. The first-order valence-electron chi connectivity index (χ1n) is 10.3. The van der Waals surface area contributed by atoms with Gasteiger partial charge in [-0.05, 0) is 59.7 Å².